The molecule has 1 aliphatic rings. The summed E-state index contributed by atoms with van der Waals surface area (Å²) in [4.78, 5) is 16.9. The molecule has 0 radical (unpaired) electrons. The fraction of sp³-hybridized carbons (Fsp3) is 0.895. The fourth-order valence-electron chi connectivity index (χ4n) is 3.02. The summed E-state index contributed by atoms with van der Waals surface area (Å²) in [6.45, 7) is 14.0. The number of amides is 1. The average molecular weight is 434 g/mol. The maximum Gasteiger partial charge on any atom is 0.408 e. The second-order valence-corrected chi connectivity index (χ2v) is 10.4. The molecule has 9 nitrogen and oxygen atoms in total. The number of hydrogen-bond donors (Lipinski definition) is 3. The second-order valence-electron chi connectivity index (χ2n) is 8.30. The van der Waals surface area contributed by atoms with E-state index in [-0.39, 0.29) is 5.75 Å². The van der Waals surface area contributed by atoms with Crippen molar-refractivity contribution >= 4 is 22.1 Å². The van der Waals surface area contributed by atoms with Gasteiger partial charge in [-0.15, -0.1) is 0 Å². The first kappa shape index (κ1) is 25.5. The largest absolute Gasteiger partial charge is 0.444 e. The zero-order valence-corrected chi connectivity index (χ0v) is 19.6. The van der Waals surface area contributed by atoms with Gasteiger partial charge in [-0.2, -0.15) is 0 Å². The number of guanidine groups is 1. The predicted octanol–water partition coefficient (Wildman–Crippen LogP) is 1.66. The van der Waals surface area contributed by atoms with E-state index in [1.54, 1.807) is 0 Å². The van der Waals surface area contributed by atoms with Gasteiger partial charge < -0.3 is 20.7 Å². The molecule has 0 saturated carbocycles. The van der Waals surface area contributed by atoms with Gasteiger partial charge in [-0.1, -0.05) is 13.8 Å². The Morgan fingerprint density at radius 2 is 1.79 bits per heavy atom. The van der Waals surface area contributed by atoms with Crippen LogP contribution in [0, 0.1) is 0 Å². The predicted molar refractivity (Wildman–Crippen MR) is 117 cm³/mol. The number of carbonyl (C=O) groups excluding carboxylic acids is 1. The normalized spacial score (nSPS) is 17.8. The van der Waals surface area contributed by atoms with Crippen molar-refractivity contribution in [3.8, 4) is 0 Å². The molecule has 170 valence electrons. The van der Waals surface area contributed by atoms with E-state index in [4.69, 9.17) is 4.74 Å². The van der Waals surface area contributed by atoms with Crippen molar-refractivity contribution in [2.24, 2.45) is 4.99 Å². The molecule has 29 heavy (non-hydrogen) atoms. The number of carbonyl (C=O) groups is 1. The Morgan fingerprint density at radius 1 is 1.14 bits per heavy atom. The molecule has 1 rings (SSSR count). The summed E-state index contributed by atoms with van der Waals surface area (Å²) in [5.41, 5.74) is -1.07. The highest BCUT2D eigenvalue weighted by molar-refractivity contribution is 7.89. The maximum atomic E-state index is 12.3. The number of alkyl carbamates (subject to hydrolysis) is 1. The van der Waals surface area contributed by atoms with Crippen molar-refractivity contribution in [3.63, 3.8) is 0 Å². The standard InChI is InChI=1S/C19H39N5O4S/c1-7-19(8-2,23-17(25)28-18(4,5)6)15-22-16(20-9-3)21-11-13-24-12-10-14-29(24,26)27/h7-15H2,1-6H3,(H,23,25)(H2,20,21,22). The van der Waals surface area contributed by atoms with Crippen molar-refractivity contribution < 1.29 is 17.9 Å². The van der Waals surface area contributed by atoms with Gasteiger partial charge in [0.25, 0.3) is 0 Å². The molecular weight excluding hydrogens is 394 g/mol. The molecule has 1 aliphatic heterocycles. The quantitative estimate of drug-likeness (QED) is 0.377. The van der Waals surface area contributed by atoms with E-state index in [1.807, 2.05) is 41.5 Å². The number of sulfonamides is 1. The summed E-state index contributed by atoms with van der Waals surface area (Å²) < 4.78 is 30.7. The minimum Gasteiger partial charge on any atom is -0.444 e. The summed E-state index contributed by atoms with van der Waals surface area (Å²) in [5, 5.41) is 9.34. The van der Waals surface area contributed by atoms with Crippen LogP contribution in [0.1, 0.15) is 60.8 Å². The molecule has 0 aromatic heterocycles. The van der Waals surface area contributed by atoms with Gasteiger partial charge >= 0.3 is 6.09 Å². The molecule has 1 amide bonds. The van der Waals surface area contributed by atoms with Gasteiger partial charge in [-0.05, 0) is 47.0 Å². The lowest BCUT2D eigenvalue weighted by Gasteiger charge is -2.32. The van der Waals surface area contributed by atoms with Crippen LogP contribution in [0.25, 0.3) is 0 Å². The molecule has 1 saturated heterocycles. The molecule has 0 aliphatic carbocycles. The Bertz CT molecular complexity index is 654. The van der Waals surface area contributed by atoms with Gasteiger partial charge in [-0.3, -0.25) is 4.99 Å². The molecule has 1 heterocycles. The SMILES string of the molecule is CCNC(=NCC(CC)(CC)NC(=O)OC(C)(C)C)NCCN1CCCS1(=O)=O. The Balaban J connectivity index is 2.72. The number of nitrogens with zero attached hydrogens (tertiary/aromatic N) is 2. The van der Waals surface area contributed by atoms with E-state index in [2.05, 4.69) is 20.9 Å². The molecule has 0 atom stereocenters. The van der Waals surface area contributed by atoms with Crippen LogP contribution in [-0.4, -0.2) is 74.4 Å². The molecule has 0 unspecified atom stereocenters. The van der Waals surface area contributed by atoms with E-state index >= 15 is 0 Å². The lowest BCUT2D eigenvalue weighted by molar-refractivity contribution is 0.0452. The summed E-state index contributed by atoms with van der Waals surface area (Å²) in [6, 6.07) is 0. The highest BCUT2D eigenvalue weighted by Crippen LogP contribution is 2.17. The highest BCUT2D eigenvalue weighted by atomic mass is 32.2. The molecule has 0 aromatic carbocycles. The third-order valence-electron chi connectivity index (χ3n) is 4.86. The first-order valence-corrected chi connectivity index (χ1v) is 12.1. The molecule has 0 aromatic rings. The average Bonchev–Trinajstić information content (AvgIpc) is 2.95. The Kier molecular flexibility index (Phi) is 9.67. The zero-order chi connectivity index (χ0) is 22.1. The molecule has 0 spiro atoms. The van der Waals surface area contributed by atoms with Crippen LogP contribution in [0.15, 0.2) is 4.99 Å². The van der Waals surface area contributed by atoms with E-state index in [0.29, 0.717) is 57.9 Å². The number of hydrogen-bond acceptors (Lipinski definition) is 5. The van der Waals surface area contributed by atoms with E-state index in [9.17, 15) is 13.2 Å². The Hall–Kier alpha value is -1.55. The lowest BCUT2D eigenvalue weighted by atomic mass is 9.93. The van der Waals surface area contributed by atoms with Crippen molar-refractivity contribution in [1.29, 1.82) is 0 Å². The minimum atomic E-state index is -3.10. The van der Waals surface area contributed by atoms with E-state index < -0.39 is 27.3 Å². The van der Waals surface area contributed by atoms with Crippen LogP contribution >= 0.6 is 0 Å². The number of nitrogens with one attached hydrogen (secondary N) is 3. The first-order valence-electron chi connectivity index (χ1n) is 10.5. The van der Waals surface area contributed by atoms with Gasteiger partial charge in [-0.25, -0.2) is 17.5 Å². The first-order chi connectivity index (χ1) is 13.5. The van der Waals surface area contributed by atoms with Crippen LogP contribution in [0.4, 0.5) is 4.79 Å². The van der Waals surface area contributed by atoms with Crippen LogP contribution in [0.5, 0.6) is 0 Å². The monoisotopic (exact) mass is 433 g/mol. The molecule has 10 heteroatoms. The fourth-order valence-corrected chi connectivity index (χ4v) is 4.55. The highest BCUT2D eigenvalue weighted by Gasteiger charge is 2.31. The third-order valence-corrected chi connectivity index (χ3v) is 6.82. The summed E-state index contributed by atoms with van der Waals surface area (Å²) in [5.74, 6) is 0.828. The Labute approximate surface area is 176 Å². The van der Waals surface area contributed by atoms with Crippen LogP contribution < -0.4 is 16.0 Å². The Morgan fingerprint density at radius 3 is 2.28 bits per heavy atom. The number of rotatable bonds is 9. The third kappa shape index (κ3) is 8.77. The van der Waals surface area contributed by atoms with Crippen molar-refractivity contribution in [1.82, 2.24) is 20.3 Å². The number of ether oxygens (including phenoxy) is 1. The summed E-state index contributed by atoms with van der Waals surface area (Å²) in [6.07, 6.45) is 1.64. The summed E-state index contributed by atoms with van der Waals surface area (Å²) in [7, 11) is -3.10. The number of aliphatic imine (C=N–C) groups is 1. The zero-order valence-electron chi connectivity index (χ0n) is 18.8. The molecule has 1 fully saturated rings. The second kappa shape index (κ2) is 11.0. The van der Waals surface area contributed by atoms with Crippen LogP contribution in [-0.2, 0) is 14.8 Å². The minimum absolute atomic E-state index is 0.229. The van der Waals surface area contributed by atoms with Gasteiger partial charge in [0.05, 0.1) is 17.8 Å². The molecule has 0 bridgehead atoms. The van der Waals surface area contributed by atoms with E-state index in [0.717, 1.165) is 0 Å². The van der Waals surface area contributed by atoms with Crippen molar-refractivity contribution in [2.45, 2.75) is 71.9 Å². The van der Waals surface area contributed by atoms with Crippen molar-refractivity contribution in [3.05, 3.63) is 0 Å². The lowest BCUT2D eigenvalue weighted by Crippen LogP contribution is -2.52. The van der Waals surface area contributed by atoms with Crippen molar-refractivity contribution in [2.75, 3.05) is 38.5 Å². The topological polar surface area (TPSA) is 112 Å². The van der Waals surface area contributed by atoms with Gasteiger partial charge in [0.1, 0.15) is 5.60 Å². The van der Waals surface area contributed by atoms with Crippen LogP contribution in [0.3, 0.4) is 0 Å². The van der Waals surface area contributed by atoms with Crippen LogP contribution in [0.2, 0.25) is 0 Å². The molecular formula is C19H39N5O4S. The smallest absolute Gasteiger partial charge is 0.408 e. The molecule has 3 N–H and O–H groups in total. The van der Waals surface area contributed by atoms with Gasteiger partial charge in [0.15, 0.2) is 5.96 Å². The van der Waals surface area contributed by atoms with Gasteiger partial charge in [0.2, 0.25) is 10.0 Å². The van der Waals surface area contributed by atoms with Gasteiger partial charge in [0, 0.05) is 26.2 Å². The summed E-state index contributed by atoms with van der Waals surface area (Å²) >= 11 is 0. The van der Waals surface area contributed by atoms with E-state index in [1.165, 1.54) is 4.31 Å². The maximum absolute atomic E-state index is 12.3.